The molecular weight excluding hydrogens is 531 g/mol. The summed E-state index contributed by atoms with van der Waals surface area (Å²) in [4.78, 5) is 25.1. The molecule has 4 heterocycles. The largest absolute Gasteiger partial charge is 0.420 e. The molecule has 0 radical (unpaired) electrons. The third-order valence-electron chi connectivity index (χ3n) is 7.65. The van der Waals surface area contributed by atoms with Crippen molar-refractivity contribution in [2.45, 2.75) is 54.6 Å². The van der Waals surface area contributed by atoms with Crippen LogP contribution in [0.1, 0.15) is 63.9 Å². The molecule has 2 saturated carbocycles. The summed E-state index contributed by atoms with van der Waals surface area (Å²) in [5.74, 6) is 1.71. The molecule has 7 rings (SSSR count). The van der Waals surface area contributed by atoms with Gasteiger partial charge in [-0.2, -0.15) is 13.2 Å². The first-order chi connectivity index (χ1) is 18.3. The van der Waals surface area contributed by atoms with E-state index in [1.165, 1.54) is 22.9 Å². The number of thioether (sulfide) groups is 1. The number of benzene rings is 1. The molecule has 1 aromatic carbocycles. The molecule has 198 valence electrons. The highest BCUT2D eigenvalue weighted by molar-refractivity contribution is 7.99. The normalized spacial score (nSPS) is 20.2. The molecule has 3 aromatic rings. The van der Waals surface area contributed by atoms with Crippen molar-refractivity contribution in [2.75, 3.05) is 30.7 Å². The molecule has 0 atom stereocenters. The Morgan fingerprint density at radius 3 is 2.58 bits per heavy atom. The second-order valence-corrected chi connectivity index (χ2v) is 12.6. The number of nitrogens with zero attached hydrogens (tertiary/aromatic N) is 3. The minimum Gasteiger partial charge on any atom is -0.334 e. The molecule has 2 N–H and O–H groups in total. The van der Waals surface area contributed by atoms with E-state index >= 15 is 0 Å². The summed E-state index contributed by atoms with van der Waals surface area (Å²) < 4.78 is 42.2. The van der Waals surface area contributed by atoms with Crippen LogP contribution in [0.25, 0.3) is 10.6 Å². The number of hydrogen-bond acceptors (Lipinski definition) is 7. The standard InChI is InChI=1S/C27H26F3N5OS2/c28-27(29,30)19-13-32-26(33-20-6-3-15(16-11-31-12-16)9-18(20)14-1-2-14)34-23(19)21-10-22-24(38-21)25(36)35(7-8-37-22)17-4-5-17/h3,6,9-10,13-14,16-17,31H,1-2,4-5,7-8,11-12H2,(H,32,33,34). The fraction of sp³-hybridized carbons (Fsp3) is 0.444. The van der Waals surface area contributed by atoms with E-state index in [0.29, 0.717) is 28.1 Å². The number of anilines is 2. The average molecular weight is 558 g/mol. The van der Waals surface area contributed by atoms with Crippen LogP contribution in [0.4, 0.5) is 24.8 Å². The third kappa shape index (κ3) is 4.58. The van der Waals surface area contributed by atoms with Crippen molar-refractivity contribution in [1.29, 1.82) is 0 Å². The molecule has 1 amide bonds. The number of halogens is 3. The van der Waals surface area contributed by atoms with E-state index in [1.54, 1.807) is 6.07 Å². The van der Waals surface area contributed by atoms with E-state index in [1.807, 2.05) is 11.0 Å². The Labute approximate surface area is 226 Å². The smallest absolute Gasteiger partial charge is 0.334 e. The zero-order valence-electron chi connectivity index (χ0n) is 20.5. The molecule has 2 aromatic heterocycles. The van der Waals surface area contributed by atoms with E-state index < -0.39 is 11.7 Å². The molecule has 38 heavy (non-hydrogen) atoms. The summed E-state index contributed by atoms with van der Waals surface area (Å²) in [5.41, 5.74) is 2.20. The maximum absolute atomic E-state index is 14.1. The molecule has 4 aliphatic rings. The van der Waals surface area contributed by atoms with Gasteiger partial charge in [0.2, 0.25) is 5.95 Å². The number of hydrogen-bond donors (Lipinski definition) is 2. The highest BCUT2D eigenvalue weighted by Crippen LogP contribution is 2.46. The van der Waals surface area contributed by atoms with Gasteiger partial charge >= 0.3 is 6.18 Å². The van der Waals surface area contributed by atoms with Crippen LogP contribution in [-0.2, 0) is 6.18 Å². The molecule has 0 unspecified atom stereocenters. The third-order valence-corrected chi connectivity index (χ3v) is 9.93. The molecule has 1 saturated heterocycles. The van der Waals surface area contributed by atoms with Crippen LogP contribution in [0.5, 0.6) is 0 Å². The van der Waals surface area contributed by atoms with Crippen molar-refractivity contribution >= 4 is 40.6 Å². The van der Waals surface area contributed by atoms with Gasteiger partial charge in [0.1, 0.15) is 10.4 Å². The highest BCUT2D eigenvalue weighted by atomic mass is 32.2. The van der Waals surface area contributed by atoms with Gasteiger partial charge in [0, 0.05) is 54.1 Å². The first-order valence-corrected chi connectivity index (χ1v) is 14.8. The number of amides is 1. The fourth-order valence-electron chi connectivity index (χ4n) is 5.13. The van der Waals surface area contributed by atoms with E-state index in [0.717, 1.165) is 72.6 Å². The maximum atomic E-state index is 14.1. The zero-order chi connectivity index (χ0) is 26.0. The van der Waals surface area contributed by atoms with Crippen LogP contribution in [-0.4, -0.2) is 52.2 Å². The monoisotopic (exact) mass is 557 g/mol. The Balaban J connectivity index is 1.24. The van der Waals surface area contributed by atoms with Gasteiger partial charge in [0.15, 0.2) is 0 Å². The number of fused-ring (bicyclic) bond motifs is 1. The Morgan fingerprint density at radius 1 is 1.08 bits per heavy atom. The van der Waals surface area contributed by atoms with Crippen molar-refractivity contribution in [3.63, 3.8) is 0 Å². The molecular formula is C27H26F3N5OS2. The Morgan fingerprint density at radius 2 is 1.89 bits per heavy atom. The van der Waals surface area contributed by atoms with Crippen molar-refractivity contribution < 1.29 is 18.0 Å². The molecule has 6 nitrogen and oxygen atoms in total. The number of carbonyl (C=O) groups is 1. The molecule has 2 aliphatic carbocycles. The molecule has 0 spiro atoms. The van der Waals surface area contributed by atoms with Gasteiger partial charge in [-0.25, -0.2) is 9.97 Å². The first-order valence-electron chi connectivity index (χ1n) is 13.0. The summed E-state index contributed by atoms with van der Waals surface area (Å²) in [5, 5.41) is 6.52. The second kappa shape index (κ2) is 9.24. The maximum Gasteiger partial charge on any atom is 0.420 e. The predicted octanol–water partition coefficient (Wildman–Crippen LogP) is 6.24. The second-order valence-electron chi connectivity index (χ2n) is 10.4. The average Bonchev–Trinajstić information content (AvgIpc) is 3.77. The SMILES string of the molecule is O=C1c2sc(-c3nc(Nc4ccc(C5CNC5)cc4C4CC4)ncc3C(F)(F)F)cc2SCCN1C1CC1. The van der Waals surface area contributed by atoms with E-state index in [2.05, 4.69) is 32.7 Å². The number of rotatable bonds is 6. The number of alkyl halides is 3. The van der Waals surface area contributed by atoms with Crippen LogP contribution in [0.3, 0.4) is 0 Å². The van der Waals surface area contributed by atoms with Gasteiger partial charge in [-0.3, -0.25) is 4.79 Å². The molecule has 11 heteroatoms. The lowest BCUT2D eigenvalue weighted by molar-refractivity contribution is -0.137. The molecule has 0 bridgehead atoms. The van der Waals surface area contributed by atoms with Crippen LogP contribution < -0.4 is 10.6 Å². The molecule has 3 fully saturated rings. The van der Waals surface area contributed by atoms with E-state index in [4.69, 9.17) is 0 Å². The van der Waals surface area contributed by atoms with Crippen molar-refractivity contribution in [1.82, 2.24) is 20.2 Å². The van der Waals surface area contributed by atoms with Crippen molar-refractivity contribution in [2.24, 2.45) is 0 Å². The van der Waals surface area contributed by atoms with E-state index in [-0.39, 0.29) is 23.6 Å². The van der Waals surface area contributed by atoms with Crippen molar-refractivity contribution in [3.8, 4) is 10.6 Å². The summed E-state index contributed by atoms with van der Waals surface area (Å²) in [6.45, 7) is 2.60. The summed E-state index contributed by atoms with van der Waals surface area (Å²) >= 11 is 2.62. The van der Waals surface area contributed by atoms with Gasteiger partial charge in [-0.05, 0) is 54.9 Å². The number of aromatic nitrogens is 2. The summed E-state index contributed by atoms with van der Waals surface area (Å²) in [6, 6.07) is 8.25. The van der Waals surface area contributed by atoms with Crippen LogP contribution in [0.2, 0.25) is 0 Å². The highest BCUT2D eigenvalue weighted by Gasteiger charge is 2.39. The lowest BCUT2D eigenvalue weighted by atomic mass is 9.91. The zero-order valence-corrected chi connectivity index (χ0v) is 22.1. The van der Waals surface area contributed by atoms with Crippen molar-refractivity contribution in [3.05, 3.63) is 52.0 Å². The summed E-state index contributed by atoms with van der Waals surface area (Å²) in [6.07, 6.45) is 0.417. The lowest BCUT2D eigenvalue weighted by Gasteiger charge is -2.28. The minimum absolute atomic E-state index is 0.0828. The van der Waals surface area contributed by atoms with Crippen LogP contribution >= 0.6 is 23.1 Å². The fourth-order valence-corrected chi connectivity index (χ4v) is 7.45. The number of thiophene rings is 1. The van der Waals surface area contributed by atoms with Gasteiger partial charge in [-0.1, -0.05) is 12.1 Å². The Hall–Kier alpha value is -2.63. The predicted molar refractivity (Wildman–Crippen MR) is 142 cm³/mol. The van der Waals surface area contributed by atoms with Gasteiger partial charge in [-0.15, -0.1) is 23.1 Å². The number of carbonyl (C=O) groups excluding carboxylic acids is 1. The minimum atomic E-state index is -4.62. The van der Waals surface area contributed by atoms with E-state index in [9.17, 15) is 18.0 Å². The van der Waals surface area contributed by atoms with Crippen LogP contribution in [0.15, 0.2) is 35.4 Å². The van der Waals surface area contributed by atoms with Gasteiger partial charge in [0.25, 0.3) is 5.91 Å². The van der Waals surface area contributed by atoms with Crippen LogP contribution in [0, 0.1) is 0 Å². The Kier molecular flexibility index (Phi) is 5.93. The Bertz CT molecular complexity index is 1410. The van der Waals surface area contributed by atoms with Gasteiger partial charge in [0.05, 0.1) is 10.6 Å². The number of nitrogens with one attached hydrogen (secondary N) is 2. The van der Waals surface area contributed by atoms with Gasteiger partial charge < -0.3 is 15.5 Å². The summed E-state index contributed by atoms with van der Waals surface area (Å²) in [7, 11) is 0. The first kappa shape index (κ1) is 24.4. The molecule has 2 aliphatic heterocycles. The topological polar surface area (TPSA) is 70.1 Å². The quantitative estimate of drug-likeness (QED) is 0.374. The lowest BCUT2D eigenvalue weighted by Crippen LogP contribution is -2.39.